The number of benzene rings is 1. The molecule has 6 heteroatoms. The standard InChI is InChI=1S/C12H11NO5/c1-3-17-12(14)11-7(2)10-8(13(15)16)5-4-6-9(10)18-11/h4-6H,3H2,1-2H3. The number of rotatable bonds is 3. The van der Waals surface area contributed by atoms with Crippen LogP contribution in [0.25, 0.3) is 11.0 Å². The molecule has 0 amide bonds. The van der Waals surface area contributed by atoms with Crippen molar-refractivity contribution in [2.45, 2.75) is 13.8 Å². The van der Waals surface area contributed by atoms with Crippen LogP contribution in [0.1, 0.15) is 23.0 Å². The van der Waals surface area contributed by atoms with Crippen LogP contribution in [0.15, 0.2) is 22.6 Å². The lowest BCUT2D eigenvalue weighted by Crippen LogP contribution is -2.04. The number of ether oxygens (including phenoxy) is 1. The zero-order valence-corrected chi connectivity index (χ0v) is 9.93. The summed E-state index contributed by atoms with van der Waals surface area (Å²) in [5.74, 6) is -0.596. The van der Waals surface area contributed by atoms with E-state index in [1.807, 2.05) is 0 Å². The zero-order chi connectivity index (χ0) is 13.3. The molecule has 2 rings (SSSR count). The maximum Gasteiger partial charge on any atom is 0.374 e. The number of nitro benzene ring substituents is 1. The average molecular weight is 249 g/mol. The molecule has 94 valence electrons. The fraction of sp³-hybridized carbons (Fsp3) is 0.250. The van der Waals surface area contributed by atoms with Crippen LogP contribution in [0.3, 0.4) is 0 Å². The van der Waals surface area contributed by atoms with E-state index in [-0.39, 0.29) is 18.1 Å². The fourth-order valence-electron chi connectivity index (χ4n) is 1.83. The van der Waals surface area contributed by atoms with Crippen molar-refractivity contribution in [2.24, 2.45) is 0 Å². The van der Waals surface area contributed by atoms with Crippen molar-refractivity contribution < 1.29 is 18.9 Å². The highest BCUT2D eigenvalue weighted by Gasteiger charge is 2.24. The molecule has 0 aliphatic carbocycles. The lowest BCUT2D eigenvalue weighted by Gasteiger charge is -1.98. The summed E-state index contributed by atoms with van der Waals surface area (Å²) in [5.41, 5.74) is 0.657. The monoisotopic (exact) mass is 249 g/mol. The Bertz CT molecular complexity index is 629. The molecule has 6 nitrogen and oxygen atoms in total. The van der Waals surface area contributed by atoms with E-state index < -0.39 is 10.9 Å². The van der Waals surface area contributed by atoms with E-state index in [0.717, 1.165) is 0 Å². The summed E-state index contributed by atoms with van der Waals surface area (Å²) in [7, 11) is 0. The second-order valence-electron chi connectivity index (χ2n) is 3.68. The van der Waals surface area contributed by atoms with E-state index in [1.165, 1.54) is 12.1 Å². The van der Waals surface area contributed by atoms with Gasteiger partial charge in [-0.25, -0.2) is 4.79 Å². The predicted octanol–water partition coefficient (Wildman–Crippen LogP) is 2.83. The molecule has 0 N–H and O–H groups in total. The van der Waals surface area contributed by atoms with E-state index in [9.17, 15) is 14.9 Å². The van der Waals surface area contributed by atoms with Gasteiger partial charge in [0.1, 0.15) is 11.0 Å². The molecule has 0 unspecified atom stereocenters. The molecule has 0 radical (unpaired) electrons. The van der Waals surface area contributed by atoms with E-state index in [0.29, 0.717) is 16.5 Å². The summed E-state index contributed by atoms with van der Waals surface area (Å²) >= 11 is 0. The third-order valence-electron chi connectivity index (χ3n) is 2.59. The highest BCUT2D eigenvalue weighted by molar-refractivity contribution is 5.99. The van der Waals surface area contributed by atoms with Gasteiger partial charge < -0.3 is 9.15 Å². The van der Waals surface area contributed by atoms with E-state index >= 15 is 0 Å². The van der Waals surface area contributed by atoms with Crippen LogP contribution in [-0.4, -0.2) is 17.5 Å². The minimum Gasteiger partial charge on any atom is -0.460 e. The Kier molecular flexibility index (Phi) is 3.01. The number of nitrogens with zero attached hydrogens (tertiary/aromatic N) is 1. The van der Waals surface area contributed by atoms with Crippen LogP contribution in [0.2, 0.25) is 0 Å². The van der Waals surface area contributed by atoms with Crippen molar-refractivity contribution in [3.05, 3.63) is 39.6 Å². The van der Waals surface area contributed by atoms with Crippen molar-refractivity contribution in [3.8, 4) is 0 Å². The second kappa shape index (κ2) is 4.48. The molecule has 0 saturated heterocycles. The molecule has 0 aliphatic heterocycles. The van der Waals surface area contributed by atoms with Gasteiger partial charge in [0.15, 0.2) is 0 Å². The van der Waals surface area contributed by atoms with Crippen molar-refractivity contribution >= 4 is 22.6 Å². The summed E-state index contributed by atoms with van der Waals surface area (Å²) in [5, 5.41) is 11.3. The van der Waals surface area contributed by atoms with Gasteiger partial charge in [-0.05, 0) is 19.9 Å². The molecule has 1 heterocycles. The maximum absolute atomic E-state index is 11.6. The Morgan fingerprint density at radius 1 is 1.50 bits per heavy atom. The number of non-ortho nitro benzene ring substituents is 1. The van der Waals surface area contributed by atoms with Gasteiger partial charge in [-0.15, -0.1) is 0 Å². The molecule has 0 atom stereocenters. The third kappa shape index (κ3) is 1.81. The molecule has 0 saturated carbocycles. The number of hydrogen-bond acceptors (Lipinski definition) is 5. The van der Waals surface area contributed by atoms with E-state index in [1.54, 1.807) is 19.9 Å². The van der Waals surface area contributed by atoms with Gasteiger partial charge in [0.05, 0.1) is 11.5 Å². The number of carbonyl (C=O) groups excluding carboxylic acids is 1. The number of hydrogen-bond donors (Lipinski definition) is 0. The Morgan fingerprint density at radius 2 is 2.22 bits per heavy atom. The molecule has 1 aromatic heterocycles. The molecule has 1 aromatic carbocycles. The van der Waals surface area contributed by atoms with E-state index in [4.69, 9.17) is 9.15 Å². The van der Waals surface area contributed by atoms with Gasteiger partial charge in [-0.3, -0.25) is 10.1 Å². The summed E-state index contributed by atoms with van der Waals surface area (Å²) in [6.45, 7) is 3.50. The fourth-order valence-corrected chi connectivity index (χ4v) is 1.83. The van der Waals surface area contributed by atoms with Crippen molar-refractivity contribution in [2.75, 3.05) is 6.61 Å². The molecular formula is C12H11NO5. The largest absolute Gasteiger partial charge is 0.460 e. The first-order chi connectivity index (χ1) is 8.56. The molecule has 2 aromatic rings. The predicted molar refractivity (Wildman–Crippen MR) is 63.6 cm³/mol. The van der Waals surface area contributed by atoms with Gasteiger partial charge in [0.2, 0.25) is 5.76 Å². The second-order valence-corrected chi connectivity index (χ2v) is 3.68. The minimum absolute atomic E-state index is 0.0150. The Morgan fingerprint density at radius 3 is 2.83 bits per heavy atom. The Hall–Kier alpha value is -2.37. The van der Waals surface area contributed by atoms with Crippen molar-refractivity contribution in [1.29, 1.82) is 0 Å². The quantitative estimate of drug-likeness (QED) is 0.474. The maximum atomic E-state index is 11.6. The number of carbonyl (C=O) groups is 1. The molecule has 0 bridgehead atoms. The molecule has 0 spiro atoms. The molecule has 18 heavy (non-hydrogen) atoms. The van der Waals surface area contributed by atoms with Gasteiger partial charge >= 0.3 is 5.97 Å². The summed E-state index contributed by atoms with van der Waals surface area (Å²) in [4.78, 5) is 22.0. The first-order valence-corrected chi connectivity index (χ1v) is 5.40. The lowest BCUT2D eigenvalue weighted by molar-refractivity contribution is -0.383. The number of nitro groups is 1. The highest BCUT2D eigenvalue weighted by atomic mass is 16.6. The lowest BCUT2D eigenvalue weighted by atomic mass is 10.1. The number of fused-ring (bicyclic) bond motifs is 1. The van der Waals surface area contributed by atoms with Crippen LogP contribution in [0, 0.1) is 17.0 Å². The van der Waals surface area contributed by atoms with Gasteiger partial charge in [0.25, 0.3) is 5.69 Å². The smallest absolute Gasteiger partial charge is 0.374 e. The molecule has 0 fully saturated rings. The summed E-state index contributed by atoms with van der Waals surface area (Å²) in [6.07, 6.45) is 0. The van der Waals surface area contributed by atoms with Gasteiger partial charge in [-0.1, -0.05) is 6.07 Å². The van der Waals surface area contributed by atoms with E-state index in [2.05, 4.69) is 0 Å². The Labute approximate surface area is 102 Å². The summed E-state index contributed by atoms with van der Waals surface area (Å²) < 4.78 is 10.2. The van der Waals surface area contributed by atoms with Crippen LogP contribution in [0.5, 0.6) is 0 Å². The topological polar surface area (TPSA) is 82.6 Å². The third-order valence-corrected chi connectivity index (χ3v) is 2.59. The highest BCUT2D eigenvalue weighted by Crippen LogP contribution is 2.33. The first-order valence-electron chi connectivity index (χ1n) is 5.40. The SMILES string of the molecule is CCOC(=O)c1oc2cccc([N+](=O)[O-])c2c1C. The number of esters is 1. The summed E-state index contributed by atoms with van der Waals surface area (Å²) in [6, 6.07) is 4.47. The Balaban J connectivity index is 2.67. The van der Waals surface area contributed by atoms with Gasteiger partial charge in [0, 0.05) is 11.6 Å². The van der Waals surface area contributed by atoms with Gasteiger partial charge in [-0.2, -0.15) is 0 Å². The molecular weight excluding hydrogens is 238 g/mol. The van der Waals surface area contributed by atoms with Crippen molar-refractivity contribution in [3.63, 3.8) is 0 Å². The minimum atomic E-state index is -0.611. The van der Waals surface area contributed by atoms with Crippen LogP contribution in [-0.2, 0) is 4.74 Å². The van der Waals surface area contributed by atoms with Crippen molar-refractivity contribution in [1.82, 2.24) is 0 Å². The average Bonchev–Trinajstić information content (AvgIpc) is 2.67. The van der Waals surface area contributed by atoms with Crippen LogP contribution >= 0.6 is 0 Å². The molecule has 0 aliphatic rings. The van der Waals surface area contributed by atoms with Crippen LogP contribution < -0.4 is 0 Å². The van der Waals surface area contributed by atoms with Crippen LogP contribution in [0.4, 0.5) is 5.69 Å². The normalized spacial score (nSPS) is 10.6. The number of aryl methyl sites for hydroxylation is 1. The zero-order valence-electron chi connectivity index (χ0n) is 9.93. The number of furan rings is 1. The first kappa shape index (κ1) is 12.1.